The monoisotopic (exact) mass is 203 g/mol. The van der Waals surface area contributed by atoms with E-state index in [9.17, 15) is 4.79 Å². The minimum atomic E-state index is 0.508. The van der Waals surface area contributed by atoms with Gasteiger partial charge in [-0.3, -0.25) is 4.79 Å². The van der Waals surface area contributed by atoms with Gasteiger partial charge in [0.2, 0.25) is 0 Å². The molecule has 2 nitrogen and oxygen atoms in total. The molecule has 0 saturated heterocycles. The summed E-state index contributed by atoms with van der Waals surface area (Å²) in [5.74, 6) is 0. The quantitative estimate of drug-likeness (QED) is 0.702. The Morgan fingerprint density at radius 2 is 2.14 bits per heavy atom. The topological polar surface area (TPSA) is 30.0 Å². The normalized spacial score (nSPS) is 10.1. The molecule has 0 unspecified atom stereocenters. The molecule has 0 spiro atoms. The molecule has 0 atom stereocenters. The third kappa shape index (κ3) is 1.59. The van der Waals surface area contributed by atoms with E-state index in [4.69, 9.17) is 0 Å². The number of hydrogen-bond donors (Lipinski definition) is 0. The van der Waals surface area contributed by atoms with Crippen LogP contribution in [0.5, 0.6) is 0 Å². The molecule has 1 heterocycles. The van der Waals surface area contributed by atoms with Crippen molar-refractivity contribution in [3.05, 3.63) is 40.9 Å². The standard InChI is InChI=1S/C11H9NOS/c1-8-4-2-3-5-10(8)11-12-9(6-13)7-14-11/h2-7H,1H3. The summed E-state index contributed by atoms with van der Waals surface area (Å²) >= 11 is 1.50. The molecule has 0 aliphatic heterocycles. The van der Waals surface area contributed by atoms with Crippen LogP contribution in [0.3, 0.4) is 0 Å². The van der Waals surface area contributed by atoms with Crippen LogP contribution >= 0.6 is 11.3 Å². The van der Waals surface area contributed by atoms with E-state index in [1.165, 1.54) is 16.9 Å². The zero-order valence-corrected chi connectivity index (χ0v) is 8.54. The van der Waals surface area contributed by atoms with E-state index in [1.54, 1.807) is 5.38 Å². The van der Waals surface area contributed by atoms with E-state index < -0.39 is 0 Å². The number of carbonyl (C=O) groups excluding carboxylic acids is 1. The van der Waals surface area contributed by atoms with Crippen molar-refractivity contribution in [3.8, 4) is 10.6 Å². The first-order valence-electron chi connectivity index (χ1n) is 4.28. The second-order valence-corrected chi connectivity index (χ2v) is 3.87. The number of thiazole rings is 1. The van der Waals surface area contributed by atoms with Crippen molar-refractivity contribution >= 4 is 17.6 Å². The Labute approximate surface area is 86.2 Å². The van der Waals surface area contributed by atoms with Gasteiger partial charge < -0.3 is 0 Å². The number of rotatable bonds is 2. The van der Waals surface area contributed by atoms with Crippen molar-refractivity contribution in [1.82, 2.24) is 4.98 Å². The summed E-state index contributed by atoms with van der Waals surface area (Å²) in [6, 6.07) is 8.03. The van der Waals surface area contributed by atoms with Gasteiger partial charge in [0.15, 0.2) is 6.29 Å². The molecule has 0 fully saturated rings. The van der Waals surface area contributed by atoms with Crippen molar-refractivity contribution in [2.24, 2.45) is 0 Å². The Morgan fingerprint density at radius 1 is 1.36 bits per heavy atom. The van der Waals surface area contributed by atoms with Gasteiger partial charge in [-0.15, -0.1) is 11.3 Å². The van der Waals surface area contributed by atoms with Gasteiger partial charge >= 0.3 is 0 Å². The van der Waals surface area contributed by atoms with Gasteiger partial charge in [-0.2, -0.15) is 0 Å². The van der Waals surface area contributed by atoms with E-state index in [0.717, 1.165) is 16.9 Å². The Hall–Kier alpha value is -1.48. The van der Waals surface area contributed by atoms with Crippen LogP contribution in [0.1, 0.15) is 16.1 Å². The number of aromatic nitrogens is 1. The van der Waals surface area contributed by atoms with Crippen LogP contribution in [0.25, 0.3) is 10.6 Å². The maximum atomic E-state index is 10.5. The molecule has 70 valence electrons. The van der Waals surface area contributed by atoms with Gasteiger partial charge in [0.1, 0.15) is 10.7 Å². The number of benzene rings is 1. The summed E-state index contributed by atoms with van der Waals surface area (Å²) in [5, 5.41) is 2.68. The lowest BCUT2D eigenvalue weighted by atomic mass is 10.1. The van der Waals surface area contributed by atoms with E-state index in [1.807, 2.05) is 31.2 Å². The highest BCUT2D eigenvalue weighted by atomic mass is 32.1. The van der Waals surface area contributed by atoms with Crippen LogP contribution < -0.4 is 0 Å². The summed E-state index contributed by atoms with van der Waals surface area (Å²) in [5.41, 5.74) is 2.79. The first-order chi connectivity index (χ1) is 6.81. The molecule has 0 bridgehead atoms. The van der Waals surface area contributed by atoms with Crippen molar-refractivity contribution in [2.45, 2.75) is 6.92 Å². The molecule has 2 rings (SSSR count). The molecule has 0 saturated carbocycles. The molecule has 0 aliphatic carbocycles. The fraction of sp³-hybridized carbons (Fsp3) is 0.0909. The molecule has 1 aromatic heterocycles. The molecule has 0 aliphatic rings. The minimum absolute atomic E-state index is 0.508. The lowest BCUT2D eigenvalue weighted by molar-refractivity contribution is 0.111. The second kappa shape index (κ2) is 3.72. The molecule has 14 heavy (non-hydrogen) atoms. The smallest absolute Gasteiger partial charge is 0.169 e. The first kappa shape index (κ1) is 9.09. The number of carbonyl (C=O) groups is 1. The molecule has 0 amide bonds. The molecule has 0 radical (unpaired) electrons. The summed E-state index contributed by atoms with van der Waals surface area (Å²) < 4.78 is 0. The van der Waals surface area contributed by atoms with Gasteiger partial charge in [-0.1, -0.05) is 24.3 Å². The van der Waals surface area contributed by atoms with Crippen molar-refractivity contribution < 1.29 is 4.79 Å². The highest BCUT2D eigenvalue weighted by molar-refractivity contribution is 7.13. The number of hydrogen-bond acceptors (Lipinski definition) is 3. The third-order valence-corrected chi connectivity index (χ3v) is 2.91. The Bertz CT molecular complexity index is 462. The number of aryl methyl sites for hydroxylation is 1. The average Bonchev–Trinajstić information content (AvgIpc) is 2.67. The van der Waals surface area contributed by atoms with Gasteiger partial charge in [-0.25, -0.2) is 4.98 Å². The average molecular weight is 203 g/mol. The SMILES string of the molecule is Cc1ccccc1-c1nc(C=O)cs1. The van der Waals surface area contributed by atoms with Gasteiger partial charge in [-0.05, 0) is 12.5 Å². The molecular formula is C11H9NOS. The Kier molecular flexibility index (Phi) is 2.41. The Balaban J connectivity index is 2.49. The summed E-state index contributed by atoms with van der Waals surface area (Å²) in [6.07, 6.45) is 0.776. The van der Waals surface area contributed by atoms with Gasteiger partial charge in [0.25, 0.3) is 0 Å². The summed E-state index contributed by atoms with van der Waals surface area (Å²) in [7, 11) is 0. The maximum absolute atomic E-state index is 10.5. The van der Waals surface area contributed by atoms with Crippen LogP contribution in [0.4, 0.5) is 0 Å². The van der Waals surface area contributed by atoms with Crippen LogP contribution in [-0.2, 0) is 0 Å². The summed E-state index contributed by atoms with van der Waals surface area (Å²) in [6.45, 7) is 2.04. The number of nitrogens with zero attached hydrogens (tertiary/aromatic N) is 1. The molecule has 0 N–H and O–H groups in total. The van der Waals surface area contributed by atoms with Gasteiger partial charge in [0.05, 0.1) is 0 Å². The van der Waals surface area contributed by atoms with Crippen LogP contribution in [0, 0.1) is 6.92 Å². The predicted molar refractivity (Wildman–Crippen MR) is 57.7 cm³/mol. The lowest BCUT2D eigenvalue weighted by Crippen LogP contribution is -1.83. The van der Waals surface area contributed by atoms with E-state index in [2.05, 4.69) is 4.98 Å². The number of aldehydes is 1. The second-order valence-electron chi connectivity index (χ2n) is 3.01. The highest BCUT2D eigenvalue weighted by Crippen LogP contribution is 2.25. The first-order valence-corrected chi connectivity index (χ1v) is 5.16. The van der Waals surface area contributed by atoms with Gasteiger partial charge in [0, 0.05) is 10.9 Å². The van der Waals surface area contributed by atoms with Crippen molar-refractivity contribution in [1.29, 1.82) is 0 Å². The third-order valence-electron chi connectivity index (χ3n) is 2.02. The molecule has 3 heteroatoms. The minimum Gasteiger partial charge on any atom is -0.296 e. The van der Waals surface area contributed by atoms with Crippen LogP contribution in [-0.4, -0.2) is 11.3 Å². The fourth-order valence-electron chi connectivity index (χ4n) is 1.28. The van der Waals surface area contributed by atoms with Crippen molar-refractivity contribution in [3.63, 3.8) is 0 Å². The summed E-state index contributed by atoms with van der Waals surface area (Å²) in [4.78, 5) is 14.7. The maximum Gasteiger partial charge on any atom is 0.169 e. The van der Waals surface area contributed by atoms with Crippen molar-refractivity contribution in [2.75, 3.05) is 0 Å². The van der Waals surface area contributed by atoms with E-state index in [-0.39, 0.29) is 0 Å². The predicted octanol–water partition coefficient (Wildman–Crippen LogP) is 2.93. The fourth-order valence-corrected chi connectivity index (χ4v) is 2.13. The zero-order chi connectivity index (χ0) is 9.97. The largest absolute Gasteiger partial charge is 0.296 e. The van der Waals surface area contributed by atoms with Crippen LogP contribution in [0.2, 0.25) is 0 Å². The lowest BCUT2D eigenvalue weighted by Gasteiger charge is -1.99. The van der Waals surface area contributed by atoms with E-state index in [0.29, 0.717) is 5.69 Å². The zero-order valence-electron chi connectivity index (χ0n) is 7.73. The molecule has 2 aromatic rings. The van der Waals surface area contributed by atoms with E-state index >= 15 is 0 Å². The highest BCUT2D eigenvalue weighted by Gasteiger charge is 2.05. The van der Waals surface area contributed by atoms with Crippen LogP contribution in [0.15, 0.2) is 29.6 Å². The Morgan fingerprint density at radius 3 is 2.79 bits per heavy atom. The molecule has 1 aromatic carbocycles. The molecular weight excluding hydrogens is 194 g/mol.